The second-order valence-electron chi connectivity index (χ2n) is 7.30. The molecule has 1 aromatic rings. The molecular formula is C18H20N2O4S. The Balaban J connectivity index is 1.71. The lowest BCUT2D eigenvalue weighted by Gasteiger charge is -2.34. The SMILES string of the molecule is CC1(C)S[C@@H]2c3ccccc3C(=O)N2[C@@H]1C(=O)N1CCC[C@@H]1C(=O)O. The number of benzene rings is 1. The van der Waals surface area contributed by atoms with E-state index in [1.807, 2.05) is 32.0 Å². The van der Waals surface area contributed by atoms with Crippen molar-refractivity contribution in [1.82, 2.24) is 9.80 Å². The highest BCUT2D eigenvalue weighted by Gasteiger charge is 2.58. The van der Waals surface area contributed by atoms with Crippen molar-refractivity contribution in [3.05, 3.63) is 35.4 Å². The van der Waals surface area contributed by atoms with E-state index in [2.05, 4.69) is 0 Å². The Bertz CT molecular complexity index is 778. The maximum atomic E-state index is 13.3. The molecule has 1 N–H and O–H groups in total. The third kappa shape index (κ3) is 2.28. The maximum absolute atomic E-state index is 13.3. The molecule has 132 valence electrons. The second kappa shape index (κ2) is 5.49. The standard InChI is InChI=1S/C18H20N2O4S/c1-18(2)13(15(22)19-9-5-8-12(19)17(23)24)20-14(21)10-6-3-4-7-11(10)16(20)25-18/h3-4,6-7,12-13,16H,5,8-9H2,1-2H3,(H,23,24)/t12-,13-,16-/m1/s1. The van der Waals surface area contributed by atoms with Crippen LogP contribution >= 0.6 is 11.8 Å². The lowest BCUT2D eigenvalue weighted by Crippen LogP contribution is -2.55. The van der Waals surface area contributed by atoms with Crippen LogP contribution in [0.3, 0.4) is 0 Å². The number of amides is 2. The summed E-state index contributed by atoms with van der Waals surface area (Å²) >= 11 is 1.60. The first-order valence-electron chi connectivity index (χ1n) is 8.45. The molecule has 2 saturated heterocycles. The van der Waals surface area contributed by atoms with Gasteiger partial charge in [0.2, 0.25) is 5.91 Å². The van der Waals surface area contributed by atoms with Crippen LogP contribution in [0.1, 0.15) is 48.0 Å². The van der Waals surface area contributed by atoms with E-state index in [1.165, 1.54) is 4.90 Å². The van der Waals surface area contributed by atoms with Crippen molar-refractivity contribution < 1.29 is 19.5 Å². The van der Waals surface area contributed by atoms with Crippen molar-refractivity contribution in [3.8, 4) is 0 Å². The van der Waals surface area contributed by atoms with Gasteiger partial charge in [-0.25, -0.2) is 4.79 Å². The summed E-state index contributed by atoms with van der Waals surface area (Å²) in [6.45, 7) is 4.35. The lowest BCUT2D eigenvalue weighted by atomic mass is 9.99. The molecule has 0 spiro atoms. The third-order valence-electron chi connectivity index (χ3n) is 5.35. The van der Waals surface area contributed by atoms with E-state index >= 15 is 0 Å². The van der Waals surface area contributed by atoms with Crippen LogP contribution in [0.5, 0.6) is 0 Å². The summed E-state index contributed by atoms with van der Waals surface area (Å²) in [5.41, 5.74) is 1.58. The molecule has 2 fully saturated rings. The van der Waals surface area contributed by atoms with Crippen LogP contribution in [-0.2, 0) is 9.59 Å². The van der Waals surface area contributed by atoms with Crippen molar-refractivity contribution in [1.29, 1.82) is 0 Å². The van der Waals surface area contributed by atoms with Crippen molar-refractivity contribution in [3.63, 3.8) is 0 Å². The summed E-state index contributed by atoms with van der Waals surface area (Å²) in [4.78, 5) is 40.8. The number of carbonyl (C=O) groups is 3. The number of carboxylic acids is 1. The first-order chi connectivity index (χ1) is 11.8. The van der Waals surface area contributed by atoms with Gasteiger partial charge in [-0.1, -0.05) is 18.2 Å². The molecule has 0 bridgehead atoms. The fraction of sp³-hybridized carbons (Fsp3) is 0.500. The minimum atomic E-state index is -0.970. The van der Waals surface area contributed by atoms with Gasteiger partial charge in [-0.2, -0.15) is 0 Å². The van der Waals surface area contributed by atoms with Crippen LogP contribution in [-0.4, -0.2) is 56.1 Å². The van der Waals surface area contributed by atoms with Gasteiger partial charge in [-0.3, -0.25) is 9.59 Å². The number of hydrogen-bond donors (Lipinski definition) is 1. The topological polar surface area (TPSA) is 77.9 Å². The minimum absolute atomic E-state index is 0.136. The van der Waals surface area contributed by atoms with Crippen LogP contribution in [0.4, 0.5) is 0 Å². The molecular weight excluding hydrogens is 340 g/mol. The van der Waals surface area contributed by atoms with E-state index in [4.69, 9.17) is 0 Å². The number of nitrogens with zero attached hydrogens (tertiary/aromatic N) is 2. The Kier molecular flexibility index (Phi) is 3.61. The predicted octanol–water partition coefficient (Wildman–Crippen LogP) is 2.11. The number of rotatable bonds is 2. The highest BCUT2D eigenvalue weighted by molar-refractivity contribution is 8.01. The molecule has 6 nitrogen and oxygen atoms in total. The molecule has 0 unspecified atom stereocenters. The summed E-state index contributed by atoms with van der Waals surface area (Å²) in [5.74, 6) is -1.35. The number of carboxylic acid groups (broad SMARTS) is 1. The number of aliphatic carboxylic acids is 1. The van der Waals surface area contributed by atoms with Crippen molar-refractivity contribution in [2.75, 3.05) is 6.54 Å². The monoisotopic (exact) mass is 360 g/mol. The van der Waals surface area contributed by atoms with Crippen LogP contribution in [0.25, 0.3) is 0 Å². The Morgan fingerprint density at radius 2 is 2.00 bits per heavy atom. The van der Waals surface area contributed by atoms with Gasteiger partial charge < -0.3 is 14.9 Å². The molecule has 0 aromatic heterocycles. The normalized spacial score (nSPS) is 29.7. The van der Waals surface area contributed by atoms with Crippen LogP contribution in [0.2, 0.25) is 0 Å². The van der Waals surface area contributed by atoms with E-state index in [-0.39, 0.29) is 17.2 Å². The van der Waals surface area contributed by atoms with E-state index in [0.717, 1.165) is 5.56 Å². The van der Waals surface area contributed by atoms with Crippen LogP contribution < -0.4 is 0 Å². The molecule has 3 aliphatic heterocycles. The highest BCUT2D eigenvalue weighted by Crippen LogP contribution is 2.57. The summed E-state index contributed by atoms with van der Waals surface area (Å²) in [5, 5.41) is 9.23. The summed E-state index contributed by atoms with van der Waals surface area (Å²) in [6.07, 6.45) is 1.15. The molecule has 0 saturated carbocycles. The fourth-order valence-electron chi connectivity index (χ4n) is 4.22. The van der Waals surface area contributed by atoms with Crippen LogP contribution in [0, 0.1) is 0 Å². The summed E-state index contributed by atoms with van der Waals surface area (Å²) in [6, 6.07) is 6.02. The highest BCUT2D eigenvalue weighted by atomic mass is 32.2. The molecule has 25 heavy (non-hydrogen) atoms. The summed E-state index contributed by atoms with van der Waals surface area (Å²) in [7, 11) is 0. The van der Waals surface area contributed by atoms with E-state index < -0.39 is 22.8 Å². The quantitative estimate of drug-likeness (QED) is 0.874. The molecule has 3 aliphatic rings. The Morgan fingerprint density at radius 1 is 1.28 bits per heavy atom. The van der Waals surface area contributed by atoms with Gasteiger partial charge >= 0.3 is 5.97 Å². The average molecular weight is 360 g/mol. The molecule has 7 heteroatoms. The van der Waals surface area contributed by atoms with E-state index in [9.17, 15) is 19.5 Å². The number of fused-ring (bicyclic) bond motifs is 3. The largest absolute Gasteiger partial charge is 0.480 e. The first kappa shape index (κ1) is 16.4. The minimum Gasteiger partial charge on any atom is -0.480 e. The molecule has 0 radical (unpaired) electrons. The Morgan fingerprint density at radius 3 is 2.72 bits per heavy atom. The van der Waals surface area contributed by atoms with Gasteiger partial charge in [-0.15, -0.1) is 11.8 Å². The molecule has 2 amide bonds. The zero-order chi connectivity index (χ0) is 17.9. The molecule has 4 rings (SSSR count). The van der Waals surface area contributed by atoms with E-state index in [1.54, 1.807) is 22.7 Å². The zero-order valence-electron chi connectivity index (χ0n) is 14.1. The number of hydrogen-bond acceptors (Lipinski definition) is 4. The first-order valence-corrected chi connectivity index (χ1v) is 9.33. The third-order valence-corrected chi connectivity index (χ3v) is 6.89. The Labute approximate surface area is 150 Å². The number of thioether (sulfide) groups is 1. The Hall–Kier alpha value is -2.02. The molecule has 1 aromatic carbocycles. The van der Waals surface area contributed by atoms with Crippen molar-refractivity contribution in [2.45, 2.75) is 48.9 Å². The predicted molar refractivity (Wildman–Crippen MR) is 93.2 cm³/mol. The van der Waals surface area contributed by atoms with Crippen LogP contribution in [0.15, 0.2) is 24.3 Å². The van der Waals surface area contributed by atoms with Gasteiger partial charge in [0.25, 0.3) is 5.91 Å². The fourth-order valence-corrected chi connectivity index (χ4v) is 5.81. The van der Waals surface area contributed by atoms with Gasteiger partial charge in [0.15, 0.2) is 0 Å². The number of likely N-dealkylation sites (tertiary alicyclic amines) is 1. The van der Waals surface area contributed by atoms with Gasteiger partial charge in [0.1, 0.15) is 17.5 Å². The maximum Gasteiger partial charge on any atom is 0.326 e. The smallest absolute Gasteiger partial charge is 0.326 e. The lowest BCUT2D eigenvalue weighted by molar-refractivity contribution is -0.150. The number of carbonyl (C=O) groups excluding carboxylic acids is 2. The second-order valence-corrected chi connectivity index (χ2v) is 9.04. The van der Waals surface area contributed by atoms with E-state index in [0.29, 0.717) is 24.9 Å². The average Bonchev–Trinajstić information content (AvgIpc) is 3.21. The zero-order valence-corrected chi connectivity index (χ0v) is 15.0. The molecule has 0 aliphatic carbocycles. The summed E-state index contributed by atoms with van der Waals surface area (Å²) < 4.78 is -0.476. The van der Waals surface area contributed by atoms with Crippen molar-refractivity contribution >= 4 is 29.5 Å². The van der Waals surface area contributed by atoms with Gasteiger partial charge in [-0.05, 0) is 38.3 Å². The van der Waals surface area contributed by atoms with Gasteiger partial charge in [0.05, 0.1) is 0 Å². The van der Waals surface area contributed by atoms with Gasteiger partial charge in [0, 0.05) is 16.9 Å². The molecule has 3 atom stereocenters. The van der Waals surface area contributed by atoms with Crippen molar-refractivity contribution in [2.24, 2.45) is 0 Å². The molecule has 3 heterocycles.